The molecule has 1 heterocycles. The van der Waals surface area contributed by atoms with Crippen molar-refractivity contribution in [2.24, 2.45) is 5.73 Å². The number of primary amides is 1. The number of aromatic amines is 1. The van der Waals surface area contributed by atoms with E-state index in [9.17, 15) is 14.4 Å². The van der Waals surface area contributed by atoms with Gasteiger partial charge < -0.3 is 15.6 Å². The molecule has 0 fully saturated rings. The largest absolute Gasteiger partial charge is 0.368 e. The number of H-pyrrole nitrogens is 1. The number of aromatic nitrogens is 1. The van der Waals surface area contributed by atoms with Crippen molar-refractivity contribution in [2.45, 2.75) is 19.9 Å². The number of hydrogen-bond acceptors (Lipinski definition) is 3. The van der Waals surface area contributed by atoms with E-state index in [0.29, 0.717) is 0 Å². The van der Waals surface area contributed by atoms with Gasteiger partial charge in [-0.15, -0.1) is 0 Å². The van der Waals surface area contributed by atoms with Gasteiger partial charge in [0, 0.05) is 24.5 Å². The van der Waals surface area contributed by atoms with E-state index in [0.717, 1.165) is 0 Å². The van der Waals surface area contributed by atoms with E-state index < -0.39 is 11.8 Å². The molecule has 1 rings (SSSR count). The summed E-state index contributed by atoms with van der Waals surface area (Å²) in [6.07, 6.45) is 2.76. The van der Waals surface area contributed by atoms with Crippen LogP contribution in [0.1, 0.15) is 24.2 Å². The summed E-state index contributed by atoms with van der Waals surface area (Å²) in [6.45, 7) is 3.29. The quantitative estimate of drug-likeness (QED) is 0.753. The third-order valence-corrected chi connectivity index (χ3v) is 2.26. The van der Waals surface area contributed by atoms with Crippen molar-refractivity contribution in [1.29, 1.82) is 0 Å². The zero-order valence-corrected chi connectivity index (χ0v) is 9.77. The summed E-state index contributed by atoms with van der Waals surface area (Å²) in [5.74, 6) is -1.11. The molecule has 1 aromatic rings. The van der Waals surface area contributed by atoms with Gasteiger partial charge in [0.05, 0.1) is 6.54 Å². The highest BCUT2D eigenvalue weighted by Gasteiger charge is 2.22. The van der Waals surface area contributed by atoms with Gasteiger partial charge in [0.2, 0.25) is 5.91 Å². The van der Waals surface area contributed by atoms with Crippen molar-refractivity contribution in [2.75, 3.05) is 6.54 Å². The molecule has 0 spiro atoms. The van der Waals surface area contributed by atoms with Crippen molar-refractivity contribution in [3.63, 3.8) is 0 Å². The molecular formula is C11H15N3O3. The zero-order chi connectivity index (χ0) is 13.0. The second-order valence-electron chi connectivity index (χ2n) is 3.92. The van der Waals surface area contributed by atoms with Crippen molar-refractivity contribution in [3.8, 4) is 0 Å². The summed E-state index contributed by atoms with van der Waals surface area (Å²) in [7, 11) is 0. The van der Waals surface area contributed by atoms with Crippen LogP contribution in [0.5, 0.6) is 0 Å². The van der Waals surface area contributed by atoms with Crippen molar-refractivity contribution >= 4 is 11.8 Å². The first-order chi connectivity index (χ1) is 7.93. The fourth-order valence-electron chi connectivity index (χ4n) is 1.39. The molecule has 0 aromatic carbocycles. The summed E-state index contributed by atoms with van der Waals surface area (Å²) in [4.78, 5) is 38.3. The van der Waals surface area contributed by atoms with Gasteiger partial charge in [-0.25, -0.2) is 0 Å². The highest BCUT2D eigenvalue weighted by molar-refractivity contribution is 5.96. The van der Waals surface area contributed by atoms with Crippen molar-refractivity contribution in [1.82, 2.24) is 9.88 Å². The molecule has 6 heteroatoms. The molecule has 0 radical (unpaired) electrons. The normalized spacial score (nSPS) is 10.3. The van der Waals surface area contributed by atoms with E-state index in [1.54, 1.807) is 13.8 Å². The minimum Gasteiger partial charge on any atom is -0.368 e. The van der Waals surface area contributed by atoms with E-state index in [1.807, 2.05) is 0 Å². The smallest absolute Gasteiger partial charge is 0.260 e. The van der Waals surface area contributed by atoms with Crippen LogP contribution in [-0.4, -0.2) is 34.3 Å². The Bertz CT molecular complexity index is 479. The lowest BCUT2D eigenvalue weighted by atomic mass is 10.2. The maximum absolute atomic E-state index is 12.0. The fraction of sp³-hybridized carbons (Fsp3) is 0.364. The number of pyridine rings is 1. The van der Waals surface area contributed by atoms with Crippen LogP contribution in [0.3, 0.4) is 0 Å². The second-order valence-corrected chi connectivity index (χ2v) is 3.92. The van der Waals surface area contributed by atoms with Crippen LogP contribution in [0.2, 0.25) is 0 Å². The first kappa shape index (κ1) is 13.0. The van der Waals surface area contributed by atoms with Gasteiger partial charge in [-0.3, -0.25) is 14.4 Å². The lowest BCUT2D eigenvalue weighted by Gasteiger charge is -2.24. The van der Waals surface area contributed by atoms with Crippen molar-refractivity contribution < 1.29 is 9.59 Å². The number of carbonyl (C=O) groups excluding carboxylic acids is 2. The Labute approximate surface area is 98.4 Å². The molecule has 0 saturated carbocycles. The van der Waals surface area contributed by atoms with Gasteiger partial charge in [-0.05, 0) is 13.8 Å². The van der Waals surface area contributed by atoms with Gasteiger partial charge >= 0.3 is 0 Å². The Morgan fingerprint density at radius 3 is 2.59 bits per heavy atom. The molecule has 0 bridgehead atoms. The minimum atomic E-state index is -0.612. The summed E-state index contributed by atoms with van der Waals surface area (Å²) < 4.78 is 0. The standard InChI is InChI=1S/C11H15N3O3/c1-7(2)14(6-10(12)16)11(17)8-5-13-4-3-9(8)15/h3-5,7H,6H2,1-2H3,(H2,12,16)(H,13,15). The molecule has 92 valence electrons. The van der Waals surface area contributed by atoms with Crippen LogP contribution >= 0.6 is 0 Å². The Morgan fingerprint density at radius 2 is 2.12 bits per heavy atom. The number of amides is 2. The maximum atomic E-state index is 12.0. The highest BCUT2D eigenvalue weighted by atomic mass is 16.2. The maximum Gasteiger partial charge on any atom is 0.260 e. The molecule has 1 aromatic heterocycles. The highest BCUT2D eigenvalue weighted by Crippen LogP contribution is 2.03. The fourth-order valence-corrected chi connectivity index (χ4v) is 1.39. The Morgan fingerprint density at radius 1 is 1.47 bits per heavy atom. The third kappa shape index (κ3) is 3.17. The van der Waals surface area contributed by atoms with E-state index in [2.05, 4.69) is 4.98 Å². The molecule has 3 N–H and O–H groups in total. The van der Waals surface area contributed by atoms with E-state index in [-0.39, 0.29) is 23.6 Å². The summed E-state index contributed by atoms with van der Waals surface area (Å²) in [6, 6.07) is 1.05. The molecule has 2 amide bonds. The molecule has 0 unspecified atom stereocenters. The average molecular weight is 237 g/mol. The first-order valence-corrected chi connectivity index (χ1v) is 5.20. The van der Waals surface area contributed by atoms with Gasteiger partial charge in [0.25, 0.3) is 5.91 Å². The third-order valence-electron chi connectivity index (χ3n) is 2.26. The summed E-state index contributed by atoms with van der Waals surface area (Å²) in [5, 5.41) is 0. The SMILES string of the molecule is CC(C)N(CC(N)=O)C(=O)c1c[nH]ccc1=O. The number of rotatable bonds is 4. The average Bonchev–Trinajstić information content (AvgIpc) is 2.25. The Kier molecular flexibility index (Phi) is 4.03. The van der Waals surface area contributed by atoms with Gasteiger partial charge in [-0.1, -0.05) is 0 Å². The monoisotopic (exact) mass is 237 g/mol. The molecule has 0 atom stereocenters. The lowest BCUT2D eigenvalue weighted by Crippen LogP contribution is -2.44. The van der Waals surface area contributed by atoms with Crippen LogP contribution in [0.25, 0.3) is 0 Å². The Balaban J connectivity index is 3.04. The first-order valence-electron chi connectivity index (χ1n) is 5.20. The van der Waals surface area contributed by atoms with Crippen LogP contribution in [0, 0.1) is 0 Å². The second kappa shape index (κ2) is 5.29. The van der Waals surface area contributed by atoms with Crippen molar-refractivity contribution in [3.05, 3.63) is 34.2 Å². The van der Waals surface area contributed by atoms with E-state index >= 15 is 0 Å². The van der Waals surface area contributed by atoms with Crippen LogP contribution in [-0.2, 0) is 4.79 Å². The summed E-state index contributed by atoms with van der Waals surface area (Å²) >= 11 is 0. The molecular weight excluding hydrogens is 222 g/mol. The summed E-state index contributed by atoms with van der Waals surface area (Å²) in [5.41, 5.74) is 4.68. The van der Waals surface area contributed by atoms with Crippen LogP contribution in [0.4, 0.5) is 0 Å². The number of carbonyl (C=O) groups is 2. The molecule has 17 heavy (non-hydrogen) atoms. The minimum absolute atomic E-state index is 0.00227. The zero-order valence-electron chi connectivity index (χ0n) is 9.77. The lowest BCUT2D eigenvalue weighted by molar-refractivity contribution is -0.119. The van der Waals surface area contributed by atoms with Gasteiger partial charge in [-0.2, -0.15) is 0 Å². The van der Waals surface area contributed by atoms with Crippen LogP contribution in [0.15, 0.2) is 23.3 Å². The predicted octanol–water partition coefficient (Wildman–Crippen LogP) is -0.289. The number of nitrogens with zero attached hydrogens (tertiary/aromatic N) is 1. The number of nitrogens with two attached hydrogens (primary N) is 1. The van der Waals surface area contributed by atoms with E-state index in [4.69, 9.17) is 5.73 Å². The number of nitrogens with one attached hydrogen (secondary N) is 1. The van der Waals surface area contributed by atoms with Gasteiger partial charge in [0.1, 0.15) is 5.56 Å². The predicted molar refractivity (Wildman–Crippen MR) is 62.4 cm³/mol. The van der Waals surface area contributed by atoms with Gasteiger partial charge in [0.15, 0.2) is 5.43 Å². The Hall–Kier alpha value is -2.11. The number of hydrogen-bond donors (Lipinski definition) is 2. The van der Waals surface area contributed by atoms with Crippen LogP contribution < -0.4 is 11.2 Å². The van der Waals surface area contributed by atoms with E-state index in [1.165, 1.54) is 23.4 Å². The topological polar surface area (TPSA) is 96.3 Å². The molecule has 0 aliphatic carbocycles. The molecule has 0 saturated heterocycles. The molecule has 6 nitrogen and oxygen atoms in total. The molecule has 0 aliphatic heterocycles. The molecule has 0 aliphatic rings.